The largest absolute Gasteiger partial charge is 0.497 e. The van der Waals surface area contributed by atoms with Crippen molar-refractivity contribution in [2.45, 2.75) is 6.17 Å². The van der Waals surface area contributed by atoms with Crippen LogP contribution in [0.2, 0.25) is 0 Å². The molecule has 0 aliphatic carbocycles. The summed E-state index contributed by atoms with van der Waals surface area (Å²) >= 11 is 0. The van der Waals surface area contributed by atoms with Gasteiger partial charge in [-0.3, -0.25) is 0 Å². The lowest BCUT2D eigenvalue weighted by Crippen LogP contribution is -2.31. The summed E-state index contributed by atoms with van der Waals surface area (Å²) in [4.78, 5) is 20.0. The third-order valence-corrected chi connectivity index (χ3v) is 4.30. The first kappa shape index (κ1) is 16.0. The van der Waals surface area contributed by atoms with E-state index in [2.05, 4.69) is 0 Å². The molecule has 130 valence electrons. The van der Waals surface area contributed by atoms with Crippen molar-refractivity contribution in [2.75, 3.05) is 17.1 Å². The van der Waals surface area contributed by atoms with Gasteiger partial charge >= 0.3 is 6.09 Å². The molecule has 4 rings (SSSR count). The third kappa shape index (κ3) is 2.84. The monoisotopic (exact) mass is 346 g/mol. The van der Waals surface area contributed by atoms with Gasteiger partial charge in [-0.15, -0.1) is 0 Å². The van der Waals surface area contributed by atoms with E-state index in [1.165, 1.54) is 0 Å². The summed E-state index contributed by atoms with van der Waals surface area (Å²) in [5.41, 5.74) is 2.50. The predicted molar refractivity (Wildman–Crippen MR) is 100 cm³/mol. The number of amides is 1. The Hall–Kier alpha value is -3.47. The second-order valence-electron chi connectivity index (χ2n) is 5.87. The van der Waals surface area contributed by atoms with Gasteiger partial charge in [0.1, 0.15) is 5.75 Å². The van der Waals surface area contributed by atoms with Crippen molar-refractivity contribution < 1.29 is 14.4 Å². The highest BCUT2D eigenvalue weighted by molar-refractivity contribution is 5.92. The molecular weight excluding hydrogens is 328 g/mol. The van der Waals surface area contributed by atoms with E-state index in [-0.39, 0.29) is 0 Å². The molecule has 0 radical (unpaired) electrons. The van der Waals surface area contributed by atoms with Crippen molar-refractivity contribution in [3.05, 3.63) is 90.5 Å². The molecular formula is C21H18N2O3. The molecule has 1 fully saturated rings. The van der Waals surface area contributed by atoms with Crippen LogP contribution >= 0.6 is 0 Å². The second kappa shape index (κ2) is 6.80. The minimum absolute atomic E-state index is 0.416. The third-order valence-electron chi connectivity index (χ3n) is 4.30. The van der Waals surface area contributed by atoms with Crippen LogP contribution < -0.4 is 14.7 Å². The molecule has 3 aromatic carbocycles. The molecule has 1 aliphatic heterocycles. The highest BCUT2D eigenvalue weighted by Crippen LogP contribution is 2.39. The molecule has 1 saturated heterocycles. The Morgan fingerprint density at radius 2 is 1.38 bits per heavy atom. The van der Waals surface area contributed by atoms with Crippen LogP contribution in [0, 0.1) is 0 Å². The normalized spacial score (nSPS) is 16.5. The maximum atomic E-state index is 12.7. The standard InChI is InChI=1S/C21H18N2O3/c1-25-19-14-12-16(13-15-19)20-22(17-8-4-2-5-9-17)21(24)26-23(20)18-10-6-3-7-11-18/h2-15,20H,1H3/t20-/m1/s1. The number of para-hydroxylation sites is 2. The molecule has 1 aliphatic rings. The van der Waals surface area contributed by atoms with E-state index >= 15 is 0 Å². The molecule has 1 heterocycles. The van der Waals surface area contributed by atoms with Crippen LogP contribution in [-0.2, 0) is 4.84 Å². The molecule has 1 atom stereocenters. The Morgan fingerprint density at radius 1 is 0.808 bits per heavy atom. The summed E-state index contributed by atoms with van der Waals surface area (Å²) in [5, 5.41) is 1.64. The van der Waals surface area contributed by atoms with Crippen LogP contribution in [0.1, 0.15) is 11.7 Å². The molecule has 3 aromatic rings. The fraction of sp³-hybridized carbons (Fsp3) is 0.0952. The number of hydroxylamine groups is 1. The van der Waals surface area contributed by atoms with E-state index in [1.54, 1.807) is 17.1 Å². The first-order chi connectivity index (χ1) is 12.8. The maximum Gasteiger partial charge on any atom is 0.440 e. The Morgan fingerprint density at radius 3 is 1.96 bits per heavy atom. The Balaban J connectivity index is 1.81. The Bertz CT molecular complexity index is 882. The maximum absolute atomic E-state index is 12.7. The average Bonchev–Trinajstić information content (AvgIpc) is 3.06. The van der Waals surface area contributed by atoms with Gasteiger partial charge in [0, 0.05) is 5.69 Å². The molecule has 26 heavy (non-hydrogen) atoms. The first-order valence-electron chi connectivity index (χ1n) is 8.32. The number of carbonyl (C=O) groups excluding carboxylic acids is 1. The van der Waals surface area contributed by atoms with Gasteiger partial charge in [-0.2, -0.15) is 5.06 Å². The molecule has 1 amide bonds. The first-order valence-corrected chi connectivity index (χ1v) is 8.32. The number of hydrogen-bond donors (Lipinski definition) is 0. The number of rotatable bonds is 4. The van der Waals surface area contributed by atoms with Crippen LogP contribution in [0.5, 0.6) is 5.75 Å². The summed E-state index contributed by atoms with van der Waals surface area (Å²) in [5.74, 6) is 0.761. The van der Waals surface area contributed by atoms with E-state index in [0.717, 1.165) is 22.7 Å². The van der Waals surface area contributed by atoms with Gasteiger partial charge in [0.15, 0.2) is 6.17 Å². The minimum Gasteiger partial charge on any atom is -0.497 e. The molecule has 5 heteroatoms. The Kier molecular flexibility index (Phi) is 4.19. The fourth-order valence-electron chi connectivity index (χ4n) is 3.05. The molecule has 5 nitrogen and oxygen atoms in total. The van der Waals surface area contributed by atoms with Gasteiger partial charge < -0.3 is 9.57 Å². The van der Waals surface area contributed by atoms with Crippen molar-refractivity contribution in [3.63, 3.8) is 0 Å². The van der Waals surface area contributed by atoms with E-state index in [9.17, 15) is 4.79 Å². The number of anilines is 2. The zero-order valence-electron chi connectivity index (χ0n) is 14.3. The zero-order chi connectivity index (χ0) is 17.9. The smallest absolute Gasteiger partial charge is 0.440 e. The van der Waals surface area contributed by atoms with Gasteiger partial charge in [-0.05, 0) is 42.0 Å². The number of ether oxygens (including phenoxy) is 1. The van der Waals surface area contributed by atoms with Crippen molar-refractivity contribution >= 4 is 17.5 Å². The van der Waals surface area contributed by atoms with Crippen LogP contribution in [-0.4, -0.2) is 13.2 Å². The lowest BCUT2D eigenvalue weighted by Gasteiger charge is -2.27. The van der Waals surface area contributed by atoms with Crippen molar-refractivity contribution in [2.24, 2.45) is 0 Å². The van der Waals surface area contributed by atoms with Crippen LogP contribution in [0.25, 0.3) is 0 Å². The Labute approximate surface area is 151 Å². The van der Waals surface area contributed by atoms with E-state index in [1.807, 2.05) is 84.9 Å². The summed E-state index contributed by atoms with van der Waals surface area (Å²) < 4.78 is 5.25. The van der Waals surface area contributed by atoms with Crippen LogP contribution in [0.3, 0.4) is 0 Å². The number of carbonyl (C=O) groups is 1. The highest BCUT2D eigenvalue weighted by atomic mass is 16.7. The van der Waals surface area contributed by atoms with E-state index in [4.69, 9.17) is 9.57 Å². The molecule has 0 N–H and O–H groups in total. The van der Waals surface area contributed by atoms with Gasteiger partial charge in [-0.25, -0.2) is 9.69 Å². The van der Waals surface area contributed by atoms with Gasteiger partial charge in [0.2, 0.25) is 0 Å². The molecule has 0 bridgehead atoms. The van der Waals surface area contributed by atoms with Crippen LogP contribution in [0.15, 0.2) is 84.9 Å². The van der Waals surface area contributed by atoms with E-state index in [0.29, 0.717) is 0 Å². The van der Waals surface area contributed by atoms with Gasteiger partial charge in [0.25, 0.3) is 0 Å². The number of hydrogen-bond acceptors (Lipinski definition) is 4. The zero-order valence-corrected chi connectivity index (χ0v) is 14.3. The number of nitrogens with zero attached hydrogens (tertiary/aromatic N) is 2. The summed E-state index contributed by atoms with van der Waals surface area (Å²) in [6, 6.07) is 26.7. The summed E-state index contributed by atoms with van der Waals surface area (Å²) in [7, 11) is 1.63. The topological polar surface area (TPSA) is 42.0 Å². The van der Waals surface area contributed by atoms with Crippen LogP contribution in [0.4, 0.5) is 16.2 Å². The van der Waals surface area contributed by atoms with E-state index < -0.39 is 12.3 Å². The second-order valence-corrected chi connectivity index (χ2v) is 5.87. The average molecular weight is 346 g/mol. The molecule has 0 aromatic heterocycles. The number of benzene rings is 3. The highest BCUT2D eigenvalue weighted by Gasteiger charge is 2.42. The fourth-order valence-corrected chi connectivity index (χ4v) is 3.05. The van der Waals surface area contributed by atoms with Crippen molar-refractivity contribution in [1.29, 1.82) is 0 Å². The molecule has 0 spiro atoms. The van der Waals surface area contributed by atoms with Gasteiger partial charge in [-0.1, -0.05) is 48.5 Å². The lowest BCUT2D eigenvalue weighted by atomic mass is 10.1. The molecule has 0 saturated carbocycles. The quantitative estimate of drug-likeness (QED) is 0.682. The van der Waals surface area contributed by atoms with Gasteiger partial charge in [0.05, 0.1) is 12.8 Å². The predicted octanol–water partition coefficient (Wildman–Crippen LogP) is 4.77. The SMILES string of the molecule is COc1ccc([C@H]2N(c3ccccc3)OC(=O)N2c2ccccc2)cc1. The number of methoxy groups -OCH3 is 1. The summed E-state index contributed by atoms with van der Waals surface area (Å²) in [6.45, 7) is 0. The van der Waals surface area contributed by atoms with Crippen molar-refractivity contribution in [1.82, 2.24) is 0 Å². The minimum atomic E-state index is -0.418. The van der Waals surface area contributed by atoms with Crippen molar-refractivity contribution in [3.8, 4) is 5.75 Å². The molecule has 0 unspecified atom stereocenters. The summed E-state index contributed by atoms with van der Waals surface area (Å²) in [6.07, 6.45) is -0.834. The lowest BCUT2D eigenvalue weighted by molar-refractivity contribution is 0.164.